The molecule has 1 fully saturated rings. The lowest BCUT2D eigenvalue weighted by atomic mass is 10.1. The molecule has 26 heavy (non-hydrogen) atoms. The van der Waals surface area contributed by atoms with Crippen molar-refractivity contribution in [1.82, 2.24) is 9.80 Å². The van der Waals surface area contributed by atoms with Gasteiger partial charge in [-0.15, -0.1) is 0 Å². The fourth-order valence-electron chi connectivity index (χ4n) is 3.39. The number of hydrogen-bond acceptors (Lipinski definition) is 4. The molecule has 0 saturated carbocycles. The molecule has 1 amide bonds. The number of methoxy groups -OCH3 is 1. The van der Waals surface area contributed by atoms with Crippen LogP contribution < -0.4 is 4.74 Å². The van der Waals surface area contributed by atoms with E-state index in [9.17, 15) is 9.59 Å². The third-order valence-corrected chi connectivity index (χ3v) is 5.20. The summed E-state index contributed by atoms with van der Waals surface area (Å²) in [5.41, 5.74) is 1.01. The van der Waals surface area contributed by atoms with Crippen LogP contribution in [-0.2, 0) is 16.0 Å². The highest BCUT2D eigenvalue weighted by atomic mass is 35.5. The zero-order valence-corrected chi connectivity index (χ0v) is 16.2. The summed E-state index contributed by atoms with van der Waals surface area (Å²) in [6, 6.07) is 5.80. The standard InChI is InChI=1S/C19H27ClN2O4/c1-21(13-19(24)25)15-4-3-10-22(11-9-15)18(23)8-6-14-5-7-17(26-2)16(20)12-14/h5,7,12,15H,3-4,6,8-11,13H2,1-2H3,(H,24,25). The molecule has 6 nitrogen and oxygen atoms in total. The van der Waals surface area contributed by atoms with E-state index in [1.54, 1.807) is 7.11 Å². The predicted octanol–water partition coefficient (Wildman–Crippen LogP) is 2.68. The minimum atomic E-state index is -0.817. The third-order valence-electron chi connectivity index (χ3n) is 4.90. The topological polar surface area (TPSA) is 70.1 Å². The van der Waals surface area contributed by atoms with Gasteiger partial charge in [-0.3, -0.25) is 14.5 Å². The average Bonchev–Trinajstić information content (AvgIpc) is 2.85. The lowest BCUT2D eigenvalue weighted by Crippen LogP contribution is -2.37. The van der Waals surface area contributed by atoms with Crippen LogP contribution in [0.15, 0.2) is 18.2 Å². The highest BCUT2D eigenvalue weighted by Crippen LogP contribution is 2.25. The van der Waals surface area contributed by atoms with Crippen LogP contribution in [0.5, 0.6) is 5.75 Å². The molecule has 144 valence electrons. The maximum Gasteiger partial charge on any atom is 0.317 e. The summed E-state index contributed by atoms with van der Waals surface area (Å²) in [5, 5.41) is 9.48. The molecule has 0 spiro atoms. The van der Waals surface area contributed by atoms with Crippen LogP contribution in [0.4, 0.5) is 0 Å². The van der Waals surface area contributed by atoms with Crippen LogP contribution in [0, 0.1) is 0 Å². The van der Waals surface area contributed by atoms with Crippen molar-refractivity contribution < 1.29 is 19.4 Å². The van der Waals surface area contributed by atoms with Crippen LogP contribution in [0.25, 0.3) is 0 Å². The lowest BCUT2D eigenvalue weighted by Gasteiger charge is -2.25. The molecule has 0 aliphatic carbocycles. The number of benzene rings is 1. The Hall–Kier alpha value is -1.79. The Balaban J connectivity index is 1.84. The minimum absolute atomic E-state index is 0.0385. The van der Waals surface area contributed by atoms with Gasteiger partial charge in [0.15, 0.2) is 0 Å². The number of rotatable bonds is 7. The van der Waals surface area contributed by atoms with Gasteiger partial charge in [-0.2, -0.15) is 0 Å². The summed E-state index contributed by atoms with van der Waals surface area (Å²) in [6.45, 7) is 1.45. The molecule has 1 atom stereocenters. The molecule has 0 radical (unpaired) electrons. The number of carbonyl (C=O) groups excluding carboxylic acids is 1. The number of amides is 1. The SMILES string of the molecule is COc1ccc(CCC(=O)N2CCCC(N(C)CC(=O)O)CC2)cc1Cl. The second-order valence-electron chi connectivity index (χ2n) is 6.74. The number of likely N-dealkylation sites (N-methyl/N-ethyl adjacent to an activating group) is 1. The first-order valence-corrected chi connectivity index (χ1v) is 9.30. The van der Waals surface area contributed by atoms with Crippen molar-refractivity contribution in [1.29, 1.82) is 0 Å². The molecule has 1 aromatic carbocycles. The lowest BCUT2D eigenvalue weighted by molar-refractivity contribution is -0.138. The molecular weight excluding hydrogens is 356 g/mol. The summed E-state index contributed by atoms with van der Waals surface area (Å²) in [7, 11) is 3.41. The molecule has 0 bridgehead atoms. The van der Waals surface area contributed by atoms with Crippen LogP contribution in [0.3, 0.4) is 0 Å². The molecule has 0 aromatic heterocycles. The molecule has 1 aliphatic rings. The average molecular weight is 383 g/mol. The van der Waals surface area contributed by atoms with Crippen molar-refractivity contribution in [2.75, 3.05) is 33.8 Å². The Morgan fingerprint density at radius 2 is 2.12 bits per heavy atom. The summed E-state index contributed by atoms with van der Waals surface area (Å²) in [6.07, 6.45) is 3.71. The largest absolute Gasteiger partial charge is 0.495 e. The number of carboxylic acid groups (broad SMARTS) is 1. The molecule has 7 heteroatoms. The second-order valence-corrected chi connectivity index (χ2v) is 7.15. The van der Waals surface area contributed by atoms with Gasteiger partial charge in [0.25, 0.3) is 0 Å². The minimum Gasteiger partial charge on any atom is -0.495 e. The first-order chi connectivity index (χ1) is 12.4. The summed E-state index contributed by atoms with van der Waals surface area (Å²) in [4.78, 5) is 27.2. The molecule has 1 unspecified atom stereocenters. The van der Waals surface area contributed by atoms with Gasteiger partial charge < -0.3 is 14.7 Å². The Labute approximate surface area is 159 Å². The number of hydrogen-bond donors (Lipinski definition) is 1. The highest BCUT2D eigenvalue weighted by molar-refractivity contribution is 6.32. The number of aryl methyl sites for hydroxylation is 1. The van der Waals surface area contributed by atoms with Gasteiger partial charge in [-0.1, -0.05) is 17.7 Å². The van der Waals surface area contributed by atoms with E-state index in [-0.39, 0.29) is 18.5 Å². The number of likely N-dealkylation sites (tertiary alicyclic amines) is 1. The molecule has 1 saturated heterocycles. The van der Waals surface area contributed by atoms with Crippen LogP contribution >= 0.6 is 11.6 Å². The van der Waals surface area contributed by atoms with E-state index in [1.807, 2.05) is 35.0 Å². The molecule has 1 aromatic rings. The van der Waals surface area contributed by atoms with Crippen molar-refractivity contribution in [3.63, 3.8) is 0 Å². The number of nitrogens with zero attached hydrogens (tertiary/aromatic N) is 2. The van der Waals surface area contributed by atoms with Crippen molar-refractivity contribution in [2.45, 2.75) is 38.1 Å². The van der Waals surface area contributed by atoms with Crippen LogP contribution in [-0.4, -0.2) is 66.6 Å². The van der Waals surface area contributed by atoms with Crippen molar-refractivity contribution in [3.05, 3.63) is 28.8 Å². The zero-order valence-electron chi connectivity index (χ0n) is 15.4. The Morgan fingerprint density at radius 3 is 2.77 bits per heavy atom. The van der Waals surface area contributed by atoms with Gasteiger partial charge in [0.05, 0.1) is 18.7 Å². The van der Waals surface area contributed by atoms with Crippen molar-refractivity contribution >= 4 is 23.5 Å². The Morgan fingerprint density at radius 1 is 1.35 bits per heavy atom. The van der Waals surface area contributed by atoms with Crippen LogP contribution in [0.1, 0.15) is 31.2 Å². The van der Waals surface area contributed by atoms with Gasteiger partial charge in [0.2, 0.25) is 5.91 Å². The predicted molar refractivity (Wildman–Crippen MR) is 101 cm³/mol. The van der Waals surface area contributed by atoms with Crippen molar-refractivity contribution in [3.8, 4) is 5.75 Å². The zero-order chi connectivity index (χ0) is 19.1. The first kappa shape index (κ1) is 20.5. The number of halogens is 1. The normalized spacial score (nSPS) is 17.8. The fourth-order valence-corrected chi connectivity index (χ4v) is 3.67. The fraction of sp³-hybridized carbons (Fsp3) is 0.579. The molecular formula is C19H27ClN2O4. The first-order valence-electron chi connectivity index (χ1n) is 8.93. The number of ether oxygens (including phenoxy) is 1. The van der Waals surface area contributed by atoms with E-state index < -0.39 is 5.97 Å². The summed E-state index contributed by atoms with van der Waals surface area (Å²) in [5.74, 6) is -0.0490. The molecule has 1 N–H and O–H groups in total. The van der Waals surface area contributed by atoms with Crippen LogP contribution in [0.2, 0.25) is 5.02 Å². The molecule has 2 rings (SSSR count). The summed E-state index contributed by atoms with van der Waals surface area (Å²) < 4.78 is 5.14. The monoisotopic (exact) mass is 382 g/mol. The molecule has 1 aliphatic heterocycles. The van der Waals surface area contributed by atoms with Gasteiger partial charge in [-0.25, -0.2) is 0 Å². The van der Waals surface area contributed by atoms with E-state index >= 15 is 0 Å². The molecule has 1 heterocycles. The van der Waals surface area contributed by atoms with Gasteiger partial charge >= 0.3 is 5.97 Å². The van der Waals surface area contributed by atoms with E-state index in [4.69, 9.17) is 21.4 Å². The number of carbonyl (C=O) groups is 2. The second kappa shape index (κ2) is 9.78. The Bertz CT molecular complexity index is 638. The Kier molecular flexibility index (Phi) is 7.72. The van der Waals surface area contributed by atoms with Gasteiger partial charge in [0.1, 0.15) is 5.75 Å². The maximum absolute atomic E-state index is 12.5. The van der Waals surface area contributed by atoms with E-state index in [0.29, 0.717) is 30.2 Å². The highest BCUT2D eigenvalue weighted by Gasteiger charge is 2.23. The third kappa shape index (κ3) is 5.88. The number of aliphatic carboxylic acids is 1. The van der Waals surface area contributed by atoms with E-state index in [2.05, 4.69) is 0 Å². The summed E-state index contributed by atoms with van der Waals surface area (Å²) >= 11 is 6.13. The maximum atomic E-state index is 12.5. The number of carboxylic acids is 1. The van der Waals surface area contributed by atoms with E-state index in [0.717, 1.165) is 31.4 Å². The smallest absolute Gasteiger partial charge is 0.317 e. The van der Waals surface area contributed by atoms with E-state index in [1.165, 1.54) is 0 Å². The van der Waals surface area contributed by atoms with Crippen molar-refractivity contribution in [2.24, 2.45) is 0 Å². The quantitative estimate of drug-likeness (QED) is 0.785. The van der Waals surface area contributed by atoms with Gasteiger partial charge in [-0.05, 0) is 50.4 Å². The van der Waals surface area contributed by atoms with Gasteiger partial charge in [0, 0.05) is 25.6 Å².